The van der Waals surface area contributed by atoms with E-state index in [0.717, 1.165) is 0 Å². The van der Waals surface area contributed by atoms with Gasteiger partial charge in [-0.3, -0.25) is 9.59 Å². The van der Waals surface area contributed by atoms with Crippen LogP contribution in [0.5, 0.6) is 5.75 Å². The number of phenols is 1. The van der Waals surface area contributed by atoms with Crippen molar-refractivity contribution >= 4 is 11.9 Å². The summed E-state index contributed by atoms with van der Waals surface area (Å²) in [6.07, 6.45) is 0.121. The molecule has 0 bridgehead atoms. The molecule has 1 N–H and O–H groups in total. The Balaban J connectivity index is 2.90. The fourth-order valence-electron chi connectivity index (χ4n) is 1.70. The van der Waals surface area contributed by atoms with Crippen molar-refractivity contribution in [1.82, 2.24) is 0 Å². The highest BCUT2D eigenvalue weighted by molar-refractivity contribution is 5.95. The second-order valence-electron chi connectivity index (χ2n) is 5.48. The summed E-state index contributed by atoms with van der Waals surface area (Å²) in [6.45, 7) is 5.19. The van der Waals surface area contributed by atoms with Crippen molar-refractivity contribution in [1.29, 1.82) is 0 Å². The Morgan fingerprint density at radius 3 is 2.40 bits per heavy atom. The lowest BCUT2D eigenvalue weighted by atomic mass is 9.99. The van der Waals surface area contributed by atoms with E-state index in [1.54, 1.807) is 32.9 Å². The highest BCUT2D eigenvalue weighted by Gasteiger charge is 2.32. The minimum Gasteiger partial charge on any atom is -0.508 e. The molecule has 1 aromatic carbocycles. The first-order chi connectivity index (χ1) is 9.23. The molecular formula is C15H20O5. The number of hydrogen-bond acceptors (Lipinski definition) is 5. The van der Waals surface area contributed by atoms with Crippen LogP contribution in [-0.4, -0.2) is 29.8 Å². The molecule has 0 aliphatic heterocycles. The summed E-state index contributed by atoms with van der Waals surface area (Å²) < 4.78 is 9.87. The van der Waals surface area contributed by atoms with Gasteiger partial charge in [0.05, 0.1) is 7.11 Å². The molecule has 0 radical (unpaired) electrons. The van der Waals surface area contributed by atoms with Gasteiger partial charge in [0.1, 0.15) is 11.4 Å². The van der Waals surface area contributed by atoms with Crippen LogP contribution in [0.1, 0.15) is 26.3 Å². The van der Waals surface area contributed by atoms with E-state index in [-0.39, 0.29) is 12.2 Å². The van der Waals surface area contributed by atoms with Gasteiger partial charge in [0.15, 0.2) is 5.92 Å². The topological polar surface area (TPSA) is 72.8 Å². The van der Waals surface area contributed by atoms with Crippen LogP contribution in [0, 0.1) is 5.92 Å². The third kappa shape index (κ3) is 4.91. The van der Waals surface area contributed by atoms with Gasteiger partial charge in [-0.1, -0.05) is 12.1 Å². The molecule has 0 aliphatic rings. The smallest absolute Gasteiger partial charge is 0.321 e. The first kappa shape index (κ1) is 16.0. The van der Waals surface area contributed by atoms with E-state index in [0.29, 0.717) is 5.56 Å². The standard InChI is InChI=1S/C15H20O5/c1-15(2,3)20-14(18)12(13(17)19-4)9-10-6-5-7-11(16)8-10/h5-8,12,16H,9H2,1-4H3/t12-/m0/s1. The Labute approximate surface area is 118 Å². The van der Waals surface area contributed by atoms with Crippen LogP contribution >= 0.6 is 0 Å². The molecule has 0 unspecified atom stereocenters. The van der Waals surface area contributed by atoms with E-state index in [1.807, 2.05) is 0 Å². The minimum absolute atomic E-state index is 0.0790. The lowest BCUT2D eigenvalue weighted by molar-refractivity contribution is -0.168. The van der Waals surface area contributed by atoms with Gasteiger partial charge in [-0.15, -0.1) is 0 Å². The van der Waals surface area contributed by atoms with E-state index < -0.39 is 23.5 Å². The normalized spacial score (nSPS) is 12.6. The van der Waals surface area contributed by atoms with Crippen LogP contribution in [-0.2, 0) is 25.5 Å². The van der Waals surface area contributed by atoms with Crippen LogP contribution in [0.4, 0.5) is 0 Å². The van der Waals surface area contributed by atoms with Gasteiger partial charge in [0.25, 0.3) is 0 Å². The molecule has 0 amide bonds. The number of rotatable bonds is 4. The van der Waals surface area contributed by atoms with Crippen molar-refractivity contribution in [2.24, 2.45) is 5.92 Å². The van der Waals surface area contributed by atoms with Gasteiger partial charge < -0.3 is 14.6 Å². The predicted octanol–water partition coefficient (Wildman–Crippen LogP) is 2.07. The number of phenolic OH excluding ortho intramolecular Hbond substituents is 1. The van der Waals surface area contributed by atoms with Crippen molar-refractivity contribution in [3.8, 4) is 5.75 Å². The number of carbonyl (C=O) groups excluding carboxylic acids is 2. The number of ether oxygens (including phenoxy) is 2. The second-order valence-corrected chi connectivity index (χ2v) is 5.48. The van der Waals surface area contributed by atoms with Gasteiger partial charge >= 0.3 is 11.9 Å². The van der Waals surface area contributed by atoms with Crippen molar-refractivity contribution in [2.75, 3.05) is 7.11 Å². The van der Waals surface area contributed by atoms with Crippen LogP contribution in [0.15, 0.2) is 24.3 Å². The molecule has 0 fully saturated rings. The molecule has 0 aliphatic carbocycles. The van der Waals surface area contributed by atoms with Gasteiger partial charge in [-0.05, 0) is 44.9 Å². The zero-order valence-corrected chi connectivity index (χ0v) is 12.2. The minimum atomic E-state index is -1.04. The number of esters is 2. The Hall–Kier alpha value is -2.04. The molecule has 0 saturated heterocycles. The van der Waals surface area contributed by atoms with Crippen molar-refractivity contribution in [2.45, 2.75) is 32.8 Å². The van der Waals surface area contributed by atoms with Gasteiger partial charge in [0.2, 0.25) is 0 Å². The summed E-state index contributed by atoms with van der Waals surface area (Å²) in [5.41, 5.74) is -0.0198. The maximum absolute atomic E-state index is 12.1. The molecule has 0 spiro atoms. The SMILES string of the molecule is COC(=O)[C@H](Cc1cccc(O)c1)C(=O)OC(C)(C)C. The monoisotopic (exact) mass is 280 g/mol. The highest BCUT2D eigenvalue weighted by Crippen LogP contribution is 2.19. The fourth-order valence-corrected chi connectivity index (χ4v) is 1.70. The molecule has 20 heavy (non-hydrogen) atoms. The molecule has 1 aromatic rings. The molecule has 0 heterocycles. The number of methoxy groups -OCH3 is 1. The fraction of sp³-hybridized carbons (Fsp3) is 0.467. The zero-order valence-electron chi connectivity index (χ0n) is 12.2. The Morgan fingerprint density at radius 1 is 1.25 bits per heavy atom. The molecular weight excluding hydrogens is 260 g/mol. The van der Waals surface area contributed by atoms with Crippen LogP contribution in [0.2, 0.25) is 0 Å². The van der Waals surface area contributed by atoms with Crippen LogP contribution in [0.3, 0.4) is 0 Å². The van der Waals surface area contributed by atoms with Crippen molar-refractivity contribution in [3.05, 3.63) is 29.8 Å². The lowest BCUT2D eigenvalue weighted by Crippen LogP contribution is -2.34. The van der Waals surface area contributed by atoms with E-state index >= 15 is 0 Å². The quantitative estimate of drug-likeness (QED) is 0.675. The first-order valence-corrected chi connectivity index (χ1v) is 6.31. The second kappa shape index (κ2) is 6.41. The molecule has 1 atom stereocenters. The van der Waals surface area contributed by atoms with E-state index in [9.17, 15) is 14.7 Å². The Bertz CT molecular complexity index is 487. The Morgan fingerprint density at radius 2 is 1.90 bits per heavy atom. The average Bonchev–Trinajstić information content (AvgIpc) is 2.33. The molecule has 0 aromatic heterocycles. The summed E-state index contributed by atoms with van der Waals surface area (Å²) >= 11 is 0. The van der Waals surface area contributed by atoms with E-state index in [1.165, 1.54) is 19.2 Å². The van der Waals surface area contributed by atoms with Crippen LogP contribution in [0.25, 0.3) is 0 Å². The van der Waals surface area contributed by atoms with Gasteiger partial charge in [-0.25, -0.2) is 0 Å². The molecule has 5 heteroatoms. The lowest BCUT2D eigenvalue weighted by Gasteiger charge is -2.23. The summed E-state index contributed by atoms with van der Waals surface area (Å²) in [4.78, 5) is 23.8. The zero-order chi connectivity index (χ0) is 15.3. The van der Waals surface area contributed by atoms with Crippen molar-refractivity contribution < 1.29 is 24.2 Å². The highest BCUT2D eigenvalue weighted by atomic mass is 16.6. The Kier molecular flexibility index (Phi) is 5.13. The largest absolute Gasteiger partial charge is 0.508 e. The first-order valence-electron chi connectivity index (χ1n) is 6.31. The average molecular weight is 280 g/mol. The molecule has 5 nitrogen and oxygen atoms in total. The summed E-state index contributed by atoms with van der Waals surface area (Å²) in [7, 11) is 1.22. The number of hydrogen-bond donors (Lipinski definition) is 1. The molecule has 1 rings (SSSR count). The third-order valence-corrected chi connectivity index (χ3v) is 2.53. The predicted molar refractivity (Wildman–Crippen MR) is 73.2 cm³/mol. The van der Waals surface area contributed by atoms with Gasteiger partial charge in [-0.2, -0.15) is 0 Å². The van der Waals surface area contributed by atoms with E-state index in [4.69, 9.17) is 4.74 Å². The third-order valence-electron chi connectivity index (χ3n) is 2.53. The summed E-state index contributed by atoms with van der Waals surface area (Å²) in [5.74, 6) is -2.24. The molecule has 110 valence electrons. The van der Waals surface area contributed by atoms with Crippen LogP contribution < -0.4 is 0 Å². The van der Waals surface area contributed by atoms with Gasteiger partial charge in [0, 0.05) is 0 Å². The number of benzene rings is 1. The number of carbonyl (C=O) groups is 2. The van der Waals surface area contributed by atoms with Crippen molar-refractivity contribution in [3.63, 3.8) is 0 Å². The number of aromatic hydroxyl groups is 1. The van der Waals surface area contributed by atoms with E-state index in [2.05, 4.69) is 4.74 Å². The summed E-state index contributed by atoms with van der Waals surface area (Å²) in [5, 5.41) is 9.41. The summed E-state index contributed by atoms with van der Waals surface area (Å²) in [6, 6.07) is 6.39. The molecule has 0 saturated carbocycles. The maximum Gasteiger partial charge on any atom is 0.321 e. The maximum atomic E-state index is 12.1.